The van der Waals surface area contributed by atoms with E-state index in [0.717, 1.165) is 18.5 Å². The molecule has 0 radical (unpaired) electrons. The first-order chi connectivity index (χ1) is 20.8. The van der Waals surface area contributed by atoms with Crippen molar-refractivity contribution in [3.8, 4) is 11.1 Å². The van der Waals surface area contributed by atoms with Crippen LogP contribution in [0.5, 0.6) is 0 Å². The van der Waals surface area contributed by atoms with Gasteiger partial charge in [0.15, 0.2) is 5.82 Å². The molecule has 0 bridgehead atoms. The van der Waals surface area contributed by atoms with E-state index in [2.05, 4.69) is 31.1 Å². The number of furan rings is 1. The quantitative estimate of drug-likeness (QED) is 0.167. The molecule has 15 heteroatoms. The van der Waals surface area contributed by atoms with E-state index in [9.17, 15) is 31.5 Å². The van der Waals surface area contributed by atoms with Crippen molar-refractivity contribution >= 4 is 28.7 Å². The van der Waals surface area contributed by atoms with Crippen LogP contribution in [-0.4, -0.2) is 52.9 Å². The molecule has 44 heavy (non-hydrogen) atoms. The number of nitrogens with zero attached hydrogens (tertiary/aromatic N) is 3. The van der Waals surface area contributed by atoms with E-state index in [0.29, 0.717) is 6.42 Å². The van der Waals surface area contributed by atoms with Crippen LogP contribution in [0, 0.1) is 5.82 Å². The highest BCUT2D eigenvalue weighted by Gasteiger charge is 2.32. The third-order valence-electron chi connectivity index (χ3n) is 7.13. The third-order valence-corrected chi connectivity index (χ3v) is 7.13. The summed E-state index contributed by atoms with van der Waals surface area (Å²) in [6.45, 7) is 1.67. The summed E-state index contributed by atoms with van der Waals surface area (Å²) in [5.74, 6) is -2.78. The monoisotopic (exact) mass is 618 g/mol. The number of nitrogens with one attached hydrogen (secondary N) is 3. The average molecular weight is 619 g/mol. The van der Waals surface area contributed by atoms with Crippen LogP contribution in [-0.2, 0) is 5.54 Å². The smallest absolute Gasteiger partial charge is 0.405 e. The minimum Gasteiger partial charge on any atom is -0.441 e. The fourth-order valence-corrected chi connectivity index (χ4v) is 4.92. The largest absolute Gasteiger partial charge is 0.441 e. The summed E-state index contributed by atoms with van der Waals surface area (Å²) in [6, 6.07) is 4.81. The molecule has 10 nitrogen and oxygen atoms in total. The Morgan fingerprint density at radius 2 is 1.86 bits per heavy atom. The van der Waals surface area contributed by atoms with Crippen LogP contribution in [0.15, 0.2) is 51.8 Å². The van der Waals surface area contributed by atoms with Gasteiger partial charge in [0.2, 0.25) is 12.1 Å². The van der Waals surface area contributed by atoms with Crippen molar-refractivity contribution in [1.82, 2.24) is 25.8 Å². The maximum atomic E-state index is 15.0. The van der Waals surface area contributed by atoms with Gasteiger partial charge in [-0.05, 0) is 50.5 Å². The molecule has 2 amide bonds. The maximum absolute atomic E-state index is 15.0. The molecule has 3 heterocycles. The molecule has 3 N–H and O–H groups in total. The molecule has 0 saturated heterocycles. The average Bonchev–Trinajstić information content (AvgIpc) is 3.64. The number of alkyl halides is 4. The van der Waals surface area contributed by atoms with Gasteiger partial charge < -0.3 is 24.9 Å². The lowest BCUT2D eigenvalue weighted by Gasteiger charge is -2.22. The molecule has 0 aliphatic heterocycles. The zero-order valence-corrected chi connectivity index (χ0v) is 23.7. The third kappa shape index (κ3) is 6.26. The molecule has 5 rings (SSSR count). The van der Waals surface area contributed by atoms with Crippen LogP contribution in [0.3, 0.4) is 0 Å². The second-order valence-electron chi connectivity index (χ2n) is 10.7. The van der Waals surface area contributed by atoms with Crippen molar-refractivity contribution in [2.45, 2.75) is 50.5 Å². The molecule has 2 unspecified atom stereocenters. The molecule has 3 aromatic heterocycles. The Balaban J connectivity index is 1.64. The number of benzene rings is 1. The van der Waals surface area contributed by atoms with E-state index in [1.807, 2.05) is 0 Å². The number of aromatic nitrogens is 3. The molecular weight excluding hydrogens is 591 g/mol. The summed E-state index contributed by atoms with van der Waals surface area (Å²) in [7, 11) is 1.40. The summed E-state index contributed by atoms with van der Waals surface area (Å²) in [4.78, 5) is 34.4. The van der Waals surface area contributed by atoms with Crippen molar-refractivity contribution < 1.29 is 40.5 Å². The van der Waals surface area contributed by atoms with Gasteiger partial charge in [0.05, 0.1) is 22.1 Å². The number of carbonyl (C=O) groups excluding carboxylic acids is 2. The minimum absolute atomic E-state index is 0.0359. The minimum atomic E-state index is -4.63. The Kier molecular flexibility index (Phi) is 8.14. The predicted molar refractivity (Wildman–Crippen MR) is 148 cm³/mol. The SMILES string of the molecule is CNC(=O)c1c(C2C=CC(F)CC2)oc2nc(NCC(F)(F)F)c(-c3ccc(F)c(C(=O)NC(C)(C)c4ncon4)c3)cc12. The Morgan fingerprint density at radius 3 is 2.50 bits per heavy atom. The molecule has 0 spiro atoms. The van der Waals surface area contributed by atoms with E-state index in [1.54, 1.807) is 19.9 Å². The molecule has 2 atom stereocenters. The van der Waals surface area contributed by atoms with Gasteiger partial charge in [-0.1, -0.05) is 23.4 Å². The van der Waals surface area contributed by atoms with Crippen molar-refractivity contribution in [1.29, 1.82) is 0 Å². The number of halogens is 5. The van der Waals surface area contributed by atoms with Crippen LogP contribution in [0.4, 0.5) is 27.8 Å². The van der Waals surface area contributed by atoms with Crippen molar-refractivity contribution in [3.63, 3.8) is 0 Å². The van der Waals surface area contributed by atoms with Gasteiger partial charge in [-0.25, -0.2) is 8.78 Å². The lowest BCUT2D eigenvalue weighted by molar-refractivity contribution is -0.115. The summed E-state index contributed by atoms with van der Waals surface area (Å²) >= 11 is 0. The van der Waals surface area contributed by atoms with Crippen LogP contribution < -0.4 is 16.0 Å². The first-order valence-corrected chi connectivity index (χ1v) is 13.5. The number of carbonyl (C=O) groups is 2. The molecule has 4 aromatic rings. The summed E-state index contributed by atoms with van der Waals surface area (Å²) in [6.07, 6.45) is -1.27. The molecule has 1 aromatic carbocycles. The standard InChI is InChI=1S/C29H27F5N6O4/c1-28(2,27-37-13-43-40-27)39-24(41)18-10-15(6-9-20(18)31)17-11-19-21(25(42)35-3)22(14-4-7-16(30)8-5-14)44-26(19)38-23(17)36-12-29(32,33)34/h4,6-7,9-11,13-14,16H,5,8,12H2,1-3H3,(H,35,42)(H,36,38)(H,39,41). The molecule has 1 aliphatic rings. The lowest BCUT2D eigenvalue weighted by atomic mass is 9.90. The van der Waals surface area contributed by atoms with Gasteiger partial charge >= 0.3 is 6.18 Å². The number of allylic oxidation sites excluding steroid dienone is 2. The highest BCUT2D eigenvalue weighted by atomic mass is 19.4. The molecule has 1 aliphatic carbocycles. The lowest BCUT2D eigenvalue weighted by Crippen LogP contribution is -2.42. The van der Waals surface area contributed by atoms with Crippen molar-refractivity contribution in [2.24, 2.45) is 0 Å². The van der Waals surface area contributed by atoms with Gasteiger partial charge in [-0.15, -0.1) is 0 Å². The van der Waals surface area contributed by atoms with Gasteiger partial charge in [0.25, 0.3) is 11.8 Å². The second kappa shape index (κ2) is 11.7. The Morgan fingerprint density at radius 1 is 1.09 bits per heavy atom. The Bertz CT molecular complexity index is 1730. The molecule has 0 saturated carbocycles. The van der Waals surface area contributed by atoms with E-state index in [-0.39, 0.29) is 51.6 Å². The van der Waals surface area contributed by atoms with Crippen LogP contribution in [0.2, 0.25) is 0 Å². The second-order valence-corrected chi connectivity index (χ2v) is 10.7. The zero-order chi connectivity index (χ0) is 31.8. The van der Waals surface area contributed by atoms with Crippen molar-refractivity contribution in [2.75, 3.05) is 18.9 Å². The Labute approximate surface area is 247 Å². The van der Waals surface area contributed by atoms with E-state index >= 15 is 0 Å². The number of rotatable bonds is 8. The maximum Gasteiger partial charge on any atom is 0.405 e. The van der Waals surface area contributed by atoms with Crippen LogP contribution in [0.1, 0.15) is 64.9 Å². The molecule has 0 fully saturated rings. The van der Waals surface area contributed by atoms with E-state index in [1.165, 1.54) is 25.3 Å². The fraction of sp³-hybridized carbons (Fsp3) is 0.345. The van der Waals surface area contributed by atoms with Gasteiger partial charge in [0, 0.05) is 18.5 Å². The Hall–Kier alpha value is -4.82. The number of amides is 2. The van der Waals surface area contributed by atoms with Crippen molar-refractivity contribution in [3.05, 3.63) is 71.3 Å². The van der Waals surface area contributed by atoms with E-state index < -0.39 is 53.5 Å². The summed E-state index contributed by atoms with van der Waals surface area (Å²) < 4.78 is 79.2. The normalized spacial score (nSPS) is 17.1. The highest BCUT2D eigenvalue weighted by molar-refractivity contribution is 6.08. The highest BCUT2D eigenvalue weighted by Crippen LogP contribution is 2.40. The van der Waals surface area contributed by atoms with Gasteiger partial charge in [-0.3, -0.25) is 9.59 Å². The van der Waals surface area contributed by atoms with Gasteiger partial charge in [0.1, 0.15) is 30.1 Å². The van der Waals surface area contributed by atoms with Crippen LogP contribution in [0.25, 0.3) is 22.2 Å². The number of hydrogen-bond donors (Lipinski definition) is 3. The van der Waals surface area contributed by atoms with E-state index in [4.69, 9.17) is 8.94 Å². The van der Waals surface area contributed by atoms with Crippen LogP contribution >= 0.6 is 0 Å². The number of hydrogen-bond acceptors (Lipinski definition) is 8. The zero-order valence-electron chi connectivity index (χ0n) is 23.7. The van der Waals surface area contributed by atoms with Gasteiger partial charge in [-0.2, -0.15) is 23.1 Å². The summed E-state index contributed by atoms with van der Waals surface area (Å²) in [5.41, 5.74) is -1.49. The fourth-order valence-electron chi connectivity index (χ4n) is 4.92. The number of fused-ring (bicyclic) bond motifs is 1. The predicted octanol–water partition coefficient (Wildman–Crippen LogP) is 5.79. The number of anilines is 1. The topological polar surface area (TPSA) is 135 Å². The first-order valence-electron chi connectivity index (χ1n) is 13.5. The number of pyridine rings is 1. The molecular formula is C29H27F5N6O4. The molecule has 232 valence electrons. The first kappa shape index (κ1) is 30.6. The summed E-state index contributed by atoms with van der Waals surface area (Å²) in [5, 5.41) is 11.2.